The Morgan fingerprint density at radius 1 is 1.25 bits per heavy atom. The second kappa shape index (κ2) is 4.54. The molecule has 16 heavy (non-hydrogen) atoms. The average molecular weight is 218 g/mol. The molecule has 1 aromatic heterocycles. The molecule has 1 aromatic rings. The minimum absolute atomic E-state index is 0.494. The van der Waals surface area contributed by atoms with E-state index in [1.165, 1.54) is 12.2 Å². The topological polar surface area (TPSA) is 15.9 Å². The maximum absolute atomic E-state index is 4.51. The smallest absolute Gasteiger partial charge is 0.0578 e. The van der Waals surface area contributed by atoms with Crippen molar-refractivity contribution in [2.24, 2.45) is 11.8 Å². The Labute approximate surface area is 98.7 Å². The van der Waals surface area contributed by atoms with Crippen LogP contribution in [0.15, 0.2) is 24.4 Å². The van der Waals surface area contributed by atoms with Crippen LogP contribution in [0.4, 0.5) is 0 Å². The first-order chi connectivity index (χ1) is 7.61. The Bertz CT molecular complexity index is 332. The predicted octanol–water partition coefficient (Wildman–Crippen LogP) is 3.12. The van der Waals surface area contributed by atoms with Crippen molar-refractivity contribution in [3.8, 4) is 0 Å². The lowest BCUT2D eigenvalue weighted by Crippen LogP contribution is -2.20. The molecular weight excluding hydrogens is 196 g/mol. The van der Waals surface area contributed by atoms with E-state index >= 15 is 0 Å². The van der Waals surface area contributed by atoms with E-state index in [1.807, 2.05) is 12.3 Å². The highest BCUT2D eigenvalue weighted by Gasteiger charge is 2.43. The predicted molar refractivity (Wildman–Crippen MR) is 67.1 cm³/mol. The van der Waals surface area contributed by atoms with Gasteiger partial charge in [-0.05, 0) is 24.0 Å². The maximum Gasteiger partial charge on any atom is 0.0578 e. The van der Waals surface area contributed by atoms with E-state index in [4.69, 9.17) is 0 Å². The van der Waals surface area contributed by atoms with Crippen LogP contribution in [-0.2, 0) is 0 Å². The summed E-state index contributed by atoms with van der Waals surface area (Å²) in [7, 11) is 0. The van der Waals surface area contributed by atoms with Gasteiger partial charge in [-0.1, -0.05) is 33.8 Å². The van der Waals surface area contributed by atoms with E-state index in [1.54, 1.807) is 0 Å². The van der Waals surface area contributed by atoms with Crippen LogP contribution in [0.2, 0.25) is 0 Å². The van der Waals surface area contributed by atoms with E-state index in [0.29, 0.717) is 12.0 Å². The molecule has 1 unspecified atom stereocenters. The Balaban J connectivity index is 2.14. The molecule has 0 N–H and O–H groups in total. The second-order valence-corrected chi connectivity index (χ2v) is 5.45. The molecule has 0 aromatic carbocycles. The van der Waals surface area contributed by atoms with Crippen molar-refractivity contribution in [2.75, 3.05) is 6.54 Å². The third kappa shape index (κ3) is 2.27. The van der Waals surface area contributed by atoms with Gasteiger partial charge < -0.3 is 0 Å². The summed E-state index contributed by atoms with van der Waals surface area (Å²) in [5, 5.41) is 0. The molecule has 2 heterocycles. The van der Waals surface area contributed by atoms with E-state index < -0.39 is 0 Å². The van der Waals surface area contributed by atoms with Gasteiger partial charge in [0.25, 0.3) is 0 Å². The molecule has 0 radical (unpaired) electrons. The summed E-state index contributed by atoms with van der Waals surface area (Å²) in [5.41, 5.74) is 1.22. The number of hydrogen-bond acceptors (Lipinski definition) is 2. The van der Waals surface area contributed by atoms with Gasteiger partial charge >= 0.3 is 0 Å². The summed E-state index contributed by atoms with van der Waals surface area (Å²) in [6, 6.07) is 7.48. The molecule has 1 aliphatic heterocycles. The van der Waals surface area contributed by atoms with Crippen LogP contribution in [0.3, 0.4) is 0 Å². The fourth-order valence-electron chi connectivity index (χ4n) is 2.53. The summed E-state index contributed by atoms with van der Waals surface area (Å²) < 4.78 is 0. The van der Waals surface area contributed by atoms with Crippen molar-refractivity contribution in [1.29, 1.82) is 0 Å². The van der Waals surface area contributed by atoms with Crippen LogP contribution >= 0.6 is 0 Å². The third-order valence-corrected chi connectivity index (χ3v) is 3.44. The van der Waals surface area contributed by atoms with Crippen molar-refractivity contribution < 1.29 is 0 Å². The van der Waals surface area contributed by atoms with Crippen molar-refractivity contribution in [3.63, 3.8) is 0 Å². The highest BCUT2D eigenvalue weighted by molar-refractivity contribution is 5.13. The minimum Gasteiger partial charge on any atom is -0.288 e. The quantitative estimate of drug-likeness (QED) is 0.722. The van der Waals surface area contributed by atoms with Crippen molar-refractivity contribution in [2.45, 2.75) is 39.8 Å². The first-order valence-electron chi connectivity index (χ1n) is 6.28. The van der Waals surface area contributed by atoms with Crippen LogP contribution in [0.5, 0.6) is 0 Å². The zero-order valence-electron chi connectivity index (χ0n) is 10.7. The normalized spacial score (nSPS) is 26.1. The number of aromatic nitrogens is 1. The van der Waals surface area contributed by atoms with Gasteiger partial charge in [-0.25, -0.2) is 0 Å². The van der Waals surface area contributed by atoms with Crippen molar-refractivity contribution in [1.82, 2.24) is 9.88 Å². The van der Waals surface area contributed by atoms with Gasteiger partial charge in [0.15, 0.2) is 0 Å². The molecule has 0 saturated carbocycles. The first-order valence-corrected chi connectivity index (χ1v) is 6.28. The molecule has 0 spiro atoms. The molecular formula is C14H22N2. The lowest BCUT2D eigenvalue weighted by Gasteiger charge is -2.23. The Hall–Kier alpha value is -0.890. The highest BCUT2D eigenvalue weighted by Crippen LogP contribution is 2.39. The number of rotatable bonds is 4. The van der Waals surface area contributed by atoms with Gasteiger partial charge in [-0.2, -0.15) is 0 Å². The van der Waals surface area contributed by atoms with Gasteiger partial charge in [0.2, 0.25) is 0 Å². The van der Waals surface area contributed by atoms with E-state index in [9.17, 15) is 0 Å². The van der Waals surface area contributed by atoms with E-state index in [0.717, 1.165) is 12.0 Å². The minimum atomic E-state index is 0.494. The lowest BCUT2D eigenvalue weighted by molar-refractivity contribution is 0.274. The first kappa shape index (κ1) is 11.6. The zero-order valence-corrected chi connectivity index (χ0v) is 10.7. The number of hydrogen-bond donors (Lipinski definition) is 0. The van der Waals surface area contributed by atoms with Gasteiger partial charge in [0.1, 0.15) is 0 Å². The fourth-order valence-corrected chi connectivity index (χ4v) is 2.53. The number of nitrogens with zero attached hydrogens (tertiary/aromatic N) is 2. The molecule has 0 amide bonds. The summed E-state index contributed by atoms with van der Waals surface area (Å²) in [6.07, 6.45) is 1.90. The molecule has 1 fully saturated rings. The Kier molecular flexibility index (Phi) is 3.29. The zero-order chi connectivity index (χ0) is 11.7. The van der Waals surface area contributed by atoms with Crippen molar-refractivity contribution in [3.05, 3.63) is 30.1 Å². The van der Waals surface area contributed by atoms with Crippen LogP contribution in [0.25, 0.3) is 0 Å². The van der Waals surface area contributed by atoms with Crippen LogP contribution < -0.4 is 0 Å². The standard InChI is InChI=1S/C14H22N2/c1-10(2)13-9-16(13)14(11(3)4)12-7-5-6-8-15-12/h5-8,10-11,13-14H,9H2,1-4H3/t13-,14+,16?/m1/s1. The van der Waals surface area contributed by atoms with Gasteiger partial charge in [-0.15, -0.1) is 0 Å². The van der Waals surface area contributed by atoms with Crippen LogP contribution in [0, 0.1) is 11.8 Å². The fraction of sp³-hybridized carbons (Fsp3) is 0.643. The van der Waals surface area contributed by atoms with Crippen LogP contribution in [-0.4, -0.2) is 22.5 Å². The van der Waals surface area contributed by atoms with Gasteiger partial charge in [0, 0.05) is 18.8 Å². The van der Waals surface area contributed by atoms with Crippen molar-refractivity contribution >= 4 is 0 Å². The summed E-state index contributed by atoms with van der Waals surface area (Å²) >= 11 is 0. The Morgan fingerprint density at radius 3 is 2.44 bits per heavy atom. The molecule has 2 heteroatoms. The molecule has 0 aliphatic carbocycles. The van der Waals surface area contributed by atoms with Gasteiger partial charge in [0.05, 0.1) is 11.7 Å². The molecule has 1 aliphatic rings. The lowest BCUT2D eigenvalue weighted by atomic mass is 9.99. The largest absolute Gasteiger partial charge is 0.288 e. The Morgan fingerprint density at radius 2 is 2.00 bits per heavy atom. The van der Waals surface area contributed by atoms with E-state index in [-0.39, 0.29) is 0 Å². The van der Waals surface area contributed by atoms with Gasteiger partial charge in [-0.3, -0.25) is 9.88 Å². The molecule has 88 valence electrons. The number of pyridine rings is 1. The summed E-state index contributed by atoms with van der Waals surface area (Å²) in [5.74, 6) is 1.38. The monoisotopic (exact) mass is 218 g/mol. The maximum atomic E-state index is 4.51. The SMILES string of the molecule is CC(C)[C@H]1CN1[C@H](c1ccccn1)C(C)C. The van der Waals surface area contributed by atoms with Crippen LogP contribution in [0.1, 0.15) is 39.4 Å². The van der Waals surface area contributed by atoms with E-state index in [2.05, 4.69) is 49.7 Å². The molecule has 2 rings (SSSR count). The third-order valence-electron chi connectivity index (χ3n) is 3.44. The average Bonchev–Trinajstić information content (AvgIpc) is 2.99. The molecule has 3 atom stereocenters. The summed E-state index contributed by atoms with van der Waals surface area (Å²) in [6.45, 7) is 10.4. The second-order valence-electron chi connectivity index (χ2n) is 5.45. The molecule has 1 saturated heterocycles. The highest BCUT2D eigenvalue weighted by atomic mass is 15.3. The molecule has 2 nitrogen and oxygen atoms in total. The summed E-state index contributed by atoms with van der Waals surface area (Å²) in [4.78, 5) is 7.09. The molecule has 0 bridgehead atoms.